The van der Waals surface area contributed by atoms with Gasteiger partial charge in [-0.05, 0) is 99.7 Å². The summed E-state index contributed by atoms with van der Waals surface area (Å²) < 4.78 is 50.0. The lowest BCUT2D eigenvalue weighted by Crippen LogP contribution is -2.66. The maximum absolute atomic E-state index is 12.0. The van der Waals surface area contributed by atoms with Crippen LogP contribution in [0, 0.1) is 46.3 Å². The lowest BCUT2D eigenvalue weighted by Gasteiger charge is -2.59. The Kier molecular flexibility index (Phi) is 12.9. The summed E-state index contributed by atoms with van der Waals surface area (Å²) in [6, 6.07) is 0. The summed E-state index contributed by atoms with van der Waals surface area (Å²) in [6.07, 6.45) is -11.2. The number of hydrogen-bond acceptors (Lipinski definition) is 17. The van der Waals surface area contributed by atoms with Crippen molar-refractivity contribution in [2.45, 2.75) is 203 Å². The zero-order valence-corrected chi connectivity index (χ0v) is 36.6. The molecule has 0 aromatic carbocycles. The maximum Gasteiger partial charge on any atom is 0.187 e. The van der Waals surface area contributed by atoms with Crippen molar-refractivity contribution in [2.75, 3.05) is 19.8 Å². The molecule has 4 aliphatic carbocycles. The lowest BCUT2D eigenvalue weighted by molar-refractivity contribution is -0.388. The minimum Gasteiger partial charge on any atom is -0.396 e. The second kappa shape index (κ2) is 17.3. The molecule has 9 N–H and O–H groups in total. The van der Waals surface area contributed by atoms with E-state index in [-0.39, 0.29) is 41.5 Å². The van der Waals surface area contributed by atoms with E-state index in [0.717, 1.165) is 44.9 Å². The fraction of sp³-hybridized carbons (Fsp3) is 0.956. The van der Waals surface area contributed by atoms with E-state index in [2.05, 4.69) is 26.8 Å². The van der Waals surface area contributed by atoms with Crippen LogP contribution >= 0.6 is 0 Å². The van der Waals surface area contributed by atoms with Gasteiger partial charge in [-0.2, -0.15) is 0 Å². The van der Waals surface area contributed by atoms with Crippen molar-refractivity contribution in [2.24, 2.45) is 46.3 Å². The maximum atomic E-state index is 12.0. The summed E-state index contributed by atoms with van der Waals surface area (Å²) in [4.78, 5) is 0. The molecule has 0 radical (unpaired) electrons. The van der Waals surface area contributed by atoms with E-state index < -0.39 is 105 Å². The molecule has 26 atom stereocenters. The largest absolute Gasteiger partial charge is 0.396 e. The van der Waals surface area contributed by atoms with Crippen molar-refractivity contribution in [3.8, 4) is 0 Å². The van der Waals surface area contributed by atoms with Crippen LogP contribution in [0.2, 0.25) is 0 Å². The number of rotatable bonds is 8. The molecule has 5 saturated heterocycles. The van der Waals surface area contributed by atoms with E-state index in [1.807, 2.05) is 0 Å². The zero-order chi connectivity index (χ0) is 44.2. The zero-order valence-electron chi connectivity index (χ0n) is 36.6. The quantitative estimate of drug-likeness (QED) is 0.148. The van der Waals surface area contributed by atoms with E-state index in [4.69, 9.17) is 37.9 Å². The minimum atomic E-state index is -1.71. The Labute approximate surface area is 363 Å². The molecular weight excluding hydrogens is 812 g/mol. The van der Waals surface area contributed by atoms with Gasteiger partial charge in [0.1, 0.15) is 61.0 Å². The molecular formula is C45H72O17. The first-order valence-electron chi connectivity index (χ1n) is 23.4. The SMILES string of the molecule is CC1OC(OC2C(CO)OC(OC3CCC4(C)C(=CCC5C4CCC4(C)C5CC5OC6(CCC(CO)CO6)C(C)C54)C3)C(OC3OC(C)C(O)C(O)C3O)C2O)C(O)C(O)C1O. The van der Waals surface area contributed by atoms with Gasteiger partial charge < -0.3 is 83.9 Å². The van der Waals surface area contributed by atoms with E-state index in [1.165, 1.54) is 19.4 Å². The number of aliphatic hydroxyl groups excluding tert-OH is 9. The molecule has 0 bridgehead atoms. The Morgan fingerprint density at radius 2 is 1.34 bits per heavy atom. The molecule has 3 saturated carbocycles. The summed E-state index contributed by atoms with van der Waals surface area (Å²) in [5.41, 5.74) is 1.44. The molecule has 0 aromatic heterocycles. The molecule has 26 unspecified atom stereocenters. The highest BCUT2D eigenvalue weighted by Gasteiger charge is 2.69. The Morgan fingerprint density at radius 3 is 1.95 bits per heavy atom. The second-order valence-electron chi connectivity index (χ2n) is 21.0. The standard InChI is InChI=1S/C45H72O17/c1-19-30-28(62-45(19)13-8-22(16-46)18-55-45)15-27-25-7-6-23-14-24(9-11-43(23,4)26(25)10-12-44(27,30)5)58-42-39(61-41-36(53)34(51)32(49)21(3)57-41)37(54)38(29(17-47)59-42)60-40-35(52)33(50)31(48)20(2)56-40/h6,19-22,24-42,46-54H,7-18H2,1-5H3. The molecule has 354 valence electrons. The van der Waals surface area contributed by atoms with E-state index in [9.17, 15) is 46.0 Å². The fourth-order valence-corrected chi connectivity index (χ4v) is 14.1. The van der Waals surface area contributed by atoms with Crippen LogP contribution in [0.4, 0.5) is 0 Å². The number of fused-ring (bicyclic) bond motifs is 7. The molecule has 5 heterocycles. The number of hydrogen-bond donors (Lipinski definition) is 9. The van der Waals surface area contributed by atoms with Gasteiger partial charge in [-0.25, -0.2) is 0 Å². The van der Waals surface area contributed by atoms with Crippen LogP contribution in [0.15, 0.2) is 11.6 Å². The number of allylic oxidation sites excluding steroid dienone is 1. The van der Waals surface area contributed by atoms with Crippen LogP contribution in [-0.2, 0) is 37.9 Å². The number of aliphatic hydroxyl groups is 9. The van der Waals surface area contributed by atoms with Gasteiger partial charge in [0.05, 0.1) is 37.6 Å². The summed E-state index contributed by atoms with van der Waals surface area (Å²) in [7, 11) is 0. The van der Waals surface area contributed by atoms with Gasteiger partial charge in [-0.15, -0.1) is 0 Å². The third kappa shape index (κ3) is 7.49. The smallest absolute Gasteiger partial charge is 0.187 e. The van der Waals surface area contributed by atoms with E-state index in [0.29, 0.717) is 43.1 Å². The molecule has 62 heavy (non-hydrogen) atoms. The lowest BCUT2D eigenvalue weighted by atomic mass is 9.47. The Bertz CT molecular complexity index is 1610. The second-order valence-corrected chi connectivity index (χ2v) is 21.0. The summed E-state index contributed by atoms with van der Waals surface area (Å²) in [5.74, 6) is 1.89. The van der Waals surface area contributed by atoms with Gasteiger partial charge in [0, 0.05) is 24.9 Å². The summed E-state index contributed by atoms with van der Waals surface area (Å²) in [6.45, 7) is 10.3. The fourth-order valence-electron chi connectivity index (χ4n) is 14.1. The van der Waals surface area contributed by atoms with Crippen molar-refractivity contribution >= 4 is 0 Å². The van der Waals surface area contributed by atoms with Gasteiger partial charge in [0.15, 0.2) is 24.7 Å². The molecule has 0 amide bonds. The first kappa shape index (κ1) is 46.2. The molecule has 5 aliphatic heterocycles. The third-order valence-corrected chi connectivity index (χ3v) is 17.8. The highest BCUT2D eigenvalue weighted by atomic mass is 16.8. The summed E-state index contributed by atoms with van der Waals surface area (Å²) >= 11 is 0. The molecule has 17 nitrogen and oxygen atoms in total. The van der Waals surface area contributed by atoms with Gasteiger partial charge in [-0.1, -0.05) is 32.4 Å². The van der Waals surface area contributed by atoms with Gasteiger partial charge in [0.2, 0.25) is 0 Å². The first-order chi connectivity index (χ1) is 29.4. The van der Waals surface area contributed by atoms with Gasteiger partial charge in [-0.3, -0.25) is 0 Å². The van der Waals surface area contributed by atoms with Crippen LogP contribution in [-0.4, -0.2) is 176 Å². The molecule has 9 aliphatic rings. The molecule has 0 aromatic rings. The predicted octanol–water partition coefficient (Wildman–Crippen LogP) is 0.214. The average Bonchev–Trinajstić information content (AvgIpc) is 3.70. The van der Waals surface area contributed by atoms with E-state index in [1.54, 1.807) is 0 Å². The number of ether oxygens (including phenoxy) is 8. The van der Waals surface area contributed by atoms with Crippen LogP contribution < -0.4 is 0 Å². The Balaban J connectivity index is 0.911. The van der Waals surface area contributed by atoms with Gasteiger partial charge >= 0.3 is 0 Å². The first-order valence-corrected chi connectivity index (χ1v) is 23.4. The summed E-state index contributed by atoms with van der Waals surface area (Å²) in [5, 5.41) is 95.6. The minimum absolute atomic E-state index is 0.0417. The topological polar surface area (TPSA) is 256 Å². The van der Waals surface area contributed by atoms with Gasteiger partial charge in [0.25, 0.3) is 0 Å². The molecule has 17 heteroatoms. The Morgan fingerprint density at radius 1 is 0.677 bits per heavy atom. The van der Waals surface area contributed by atoms with Crippen molar-refractivity contribution in [1.82, 2.24) is 0 Å². The van der Waals surface area contributed by atoms with Crippen LogP contribution in [0.3, 0.4) is 0 Å². The van der Waals surface area contributed by atoms with Crippen LogP contribution in [0.25, 0.3) is 0 Å². The van der Waals surface area contributed by atoms with Crippen molar-refractivity contribution < 1.29 is 83.9 Å². The normalized spacial score (nSPS) is 57.6. The van der Waals surface area contributed by atoms with Crippen LogP contribution in [0.5, 0.6) is 0 Å². The molecule has 1 spiro atoms. The van der Waals surface area contributed by atoms with Crippen LogP contribution in [0.1, 0.15) is 92.4 Å². The predicted molar refractivity (Wildman–Crippen MR) is 214 cm³/mol. The third-order valence-electron chi connectivity index (χ3n) is 17.8. The van der Waals surface area contributed by atoms with Crippen molar-refractivity contribution in [3.05, 3.63) is 11.6 Å². The Hall–Kier alpha value is -0.940. The van der Waals surface area contributed by atoms with E-state index >= 15 is 0 Å². The highest BCUT2D eigenvalue weighted by Crippen LogP contribution is 2.70. The van der Waals surface area contributed by atoms with Crippen molar-refractivity contribution in [3.63, 3.8) is 0 Å². The molecule has 9 rings (SSSR count). The highest BCUT2D eigenvalue weighted by molar-refractivity contribution is 5.26. The molecule has 8 fully saturated rings. The van der Waals surface area contributed by atoms with Crippen molar-refractivity contribution in [1.29, 1.82) is 0 Å². The average molecular weight is 885 g/mol. The monoisotopic (exact) mass is 884 g/mol.